The highest BCUT2D eigenvalue weighted by molar-refractivity contribution is 5.92. The van der Waals surface area contributed by atoms with Crippen molar-refractivity contribution in [3.05, 3.63) is 24.3 Å². The molecule has 1 saturated heterocycles. The van der Waals surface area contributed by atoms with Crippen LogP contribution in [0.2, 0.25) is 0 Å². The van der Waals surface area contributed by atoms with Gasteiger partial charge in [-0.1, -0.05) is 63.3 Å². The summed E-state index contributed by atoms with van der Waals surface area (Å²) in [6.45, 7) is 16.0. The summed E-state index contributed by atoms with van der Waals surface area (Å²) in [5.74, 6) is -0.629. The Morgan fingerprint density at radius 1 is 0.683 bits per heavy atom. The lowest BCUT2D eigenvalue weighted by Gasteiger charge is -2.33. The molecular weight excluding hydrogens is 799 g/mol. The Hall–Kier alpha value is -3.65. The van der Waals surface area contributed by atoms with Crippen LogP contribution in [0.4, 0.5) is 9.59 Å². The molecule has 0 aromatic heterocycles. The molecule has 364 valence electrons. The van der Waals surface area contributed by atoms with Crippen molar-refractivity contribution < 1.29 is 33.4 Å². The van der Waals surface area contributed by atoms with E-state index in [1.807, 2.05) is 33.1 Å². The van der Waals surface area contributed by atoms with E-state index in [0.29, 0.717) is 38.9 Å². The Morgan fingerprint density at radius 2 is 1.24 bits per heavy atom. The summed E-state index contributed by atoms with van der Waals surface area (Å²) >= 11 is 0. The number of likely N-dealkylation sites (tertiary alicyclic amines) is 1. The van der Waals surface area contributed by atoms with Gasteiger partial charge in [0.05, 0.1) is 0 Å². The number of alkyl carbamates (subject to hydrolysis) is 2. The normalized spacial score (nSPS) is 16.2. The standard InChI is InChI=1S/C49H91N7O7/c1-12-13-14-15-16-17-18-19-20-21-22-23-24-25-26-32-43(57)51-40-38-42(45(59)55(36-29-34-53(8)9)37-30-35-54(10)11)56(39-40)44(58)41(52-47(61)63-49(5,6)7)31-27-28-33-50-46(60)62-48(2,3)4/h16-17,19-20,40-42H,12-15,18,21-39H2,1-11H3,(H,50,60)(H,51,57)(H,52,61)/b17-16-,20-19-/t40-,41+,42-/m0/s1. The van der Waals surface area contributed by atoms with Crippen LogP contribution < -0.4 is 16.0 Å². The van der Waals surface area contributed by atoms with Crippen molar-refractivity contribution in [2.24, 2.45) is 0 Å². The number of allylic oxidation sites excluding steroid dienone is 4. The van der Waals surface area contributed by atoms with Crippen LogP contribution in [0.25, 0.3) is 0 Å². The average molecular weight is 890 g/mol. The third-order valence-corrected chi connectivity index (χ3v) is 10.5. The molecule has 63 heavy (non-hydrogen) atoms. The van der Waals surface area contributed by atoms with E-state index >= 15 is 0 Å². The summed E-state index contributed by atoms with van der Waals surface area (Å²) in [4.78, 5) is 75.5. The topological polar surface area (TPSA) is 153 Å². The number of carbonyl (C=O) groups is 5. The van der Waals surface area contributed by atoms with Crippen molar-refractivity contribution in [3.63, 3.8) is 0 Å². The van der Waals surface area contributed by atoms with E-state index < -0.39 is 47.4 Å². The van der Waals surface area contributed by atoms with E-state index in [0.717, 1.165) is 70.9 Å². The van der Waals surface area contributed by atoms with Crippen molar-refractivity contribution >= 4 is 29.9 Å². The molecule has 1 fully saturated rings. The van der Waals surface area contributed by atoms with Crippen molar-refractivity contribution in [2.75, 3.05) is 67.5 Å². The number of ether oxygens (including phenoxy) is 2. The van der Waals surface area contributed by atoms with Crippen molar-refractivity contribution in [3.8, 4) is 0 Å². The third kappa shape index (κ3) is 29.4. The van der Waals surface area contributed by atoms with Crippen molar-refractivity contribution in [2.45, 2.75) is 193 Å². The molecule has 1 rings (SSSR count). The van der Waals surface area contributed by atoms with Gasteiger partial charge in [-0.2, -0.15) is 0 Å². The first-order valence-electron chi connectivity index (χ1n) is 24.2. The molecule has 0 spiro atoms. The van der Waals surface area contributed by atoms with Crippen molar-refractivity contribution in [1.29, 1.82) is 0 Å². The summed E-state index contributed by atoms with van der Waals surface area (Å²) in [7, 11) is 8.01. The molecule has 0 radical (unpaired) electrons. The Bertz CT molecular complexity index is 1360. The summed E-state index contributed by atoms with van der Waals surface area (Å²) in [6.07, 6.45) is 23.4. The van der Waals surface area contributed by atoms with Gasteiger partial charge in [0.1, 0.15) is 23.3 Å². The molecule has 1 aliphatic heterocycles. The fourth-order valence-corrected chi connectivity index (χ4v) is 7.40. The fourth-order valence-electron chi connectivity index (χ4n) is 7.40. The molecule has 1 heterocycles. The van der Waals surface area contributed by atoms with Gasteiger partial charge in [0.25, 0.3) is 0 Å². The SMILES string of the molecule is CCCCC/C=C\C/C=C\CCCCCCCC(=O)N[C@H]1C[C@@H](C(=O)N(CCCN(C)C)CCCN(C)C)N(C(=O)[C@@H](CCCCNC(=O)OC(C)(C)C)NC(=O)OC(C)(C)C)C1. The number of nitrogens with one attached hydrogen (secondary N) is 3. The van der Waals surface area contributed by atoms with E-state index in [-0.39, 0.29) is 31.2 Å². The van der Waals surface area contributed by atoms with E-state index in [1.54, 1.807) is 46.4 Å². The lowest BCUT2D eigenvalue weighted by Crippen LogP contribution is -2.55. The van der Waals surface area contributed by atoms with Crippen LogP contribution in [0.5, 0.6) is 0 Å². The fraction of sp³-hybridized carbons (Fsp3) is 0.816. The zero-order valence-corrected chi connectivity index (χ0v) is 41.7. The molecule has 14 heteroatoms. The van der Waals surface area contributed by atoms with Gasteiger partial charge in [-0.3, -0.25) is 14.4 Å². The molecular formula is C49H91N7O7. The molecule has 3 atom stereocenters. The highest BCUT2D eigenvalue weighted by Gasteiger charge is 2.44. The number of unbranched alkanes of at least 4 members (excludes halogenated alkanes) is 9. The molecule has 5 amide bonds. The van der Waals surface area contributed by atoms with Gasteiger partial charge in [0, 0.05) is 38.6 Å². The third-order valence-electron chi connectivity index (χ3n) is 10.5. The number of hydrogen-bond acceptors (Lipinski definition) is 9. The second-order valence-electron chi connectivity index (χ2n) is 19.7. The second kappa shape index (κ2) is 32.1. The van der Waals surface area contributed by atoms with Crippen LogP contribution in [0.3, 0.4) is 0 Å². The smallest absolute Gasteiger partial charge is 0.408 e. The molecule has 0 bridgehead atoms. The molecule has 0 unspecified atom stereocenters. The predicted molar refractivity (Wildman–Crippen MR) is 256 cm³/mol. The van der Waals surface area contributed by atoms with Crippen LogP contribution >= 0.6 is 0 Å². The van der Waals surface area contributed by atoms with Gasteiger partial charge in [0.2, 0.25) is 17.7 Å². The van der Waals surface area contributed by atoms with Gasteiger partial charge in [-0.05, 0) is 160 Å². The maximum absolute atomic E-state index is 14.6. The van der Waals surface area contributed by atoms with E-state index in [2.05, 4.69) is 57.0 Å². The highest BCUT2D eigenvalue weighted by atomic mass is 16.6. The van der Waals surface area contributed by atoms with Gasteiger partial charge < -0.3 is 45.0 Å². The monoisotopic (exact) mass is 890 g/mol. The zero-order chi connectivity index (χ0) is 47.3. The first-order chi connectivity index (χ1) is 29.7. The summed E-state index contributed by atoms with van der Waals surface area (Å²) in [5, 5.41) is 8.70. The maximum Gasteiger partial charge on any atom is 0.408 e. The molecule has 0 aromatic carbocycles. The van der Waals surface area contributed by atoms with Gasteiger partial charge in [0.15, 0.2) is 0 Å². The molecule has 1 aliphatic rings. The number of carbonyl (C=O) groups excluding carboxylic acids is 5. The first kappa shape index (κ1) is 57.4. The van der Waals surface area contributed by atoms with E-state index in [9.17, 15) is 24.0 Å². The number of nitrogens with zero attached hydrogens (tertiary/aromatic N) is 4. The average Bonchev–Trinajstić information content (AvgIpc) is 3.59. The quantitative estimate of drug-likeness (QED) is 0.0462. The Kier molecular flexibility index (Phi) is 29.2. The van der Waals surface area contributed by atoms with Crippen LogP contribution in [-0.4, -0.2) is 146 Å². The minimum Gasteiger partial charge on any atom is -0.444 e. The maximum atomic E-state index is 14.6. The predicted octanol–water partition coefficient (Wildman–Crippen LogP) is 8.21. The highest BCUT2D eigenvalue weighted by Crippen LogP contribution is 2.24. The van der Waals surface area contributed by atoms with Gasteiger partial charge in [-0.15, -0.1) is 0 Å². The largest absolute Gasteiger partial charge is 0.444 e. The molecule has 0 aliphatic carbocycles. The molecule has 14 nitrogen and oxygen atoms in total. The lowest BCUT2D eigenvalue weighted by atomic mass is 10.1. The number of amides is 5. The summed E-state index contributed by atoms with van der Waals surface area (Å²) in [5.41, 5.74) is -1.42. The van der Waals surface area contributed by atoms with Gasteiger partial charge in [-0.25, -0.2) is 9.59 Å². The minimum atomic E-state index is -0.991. The van der Waals surface area contributed by atoms with Crippen LogP contribution in [0.15, 0.2) is 24.3 Å². The molecule has 0 saturated carbocycles. The Balaban J connectivity index is 3.07. The summed E-state index contributed by atoms with van der Waals surface area (Å²) in [6, 6.07) is -2.22. The second-order valence-corrected chi connectivity index (χ2v) is 19.7. The molecule has 0 aromatic rings. The Morgan fingerprint density at radius 3 is 1.81 bits per heavy atom. The van der Waals surface area contributed by atoms with Crippen LogP contribution in [-0.2, 0) is 23.9 Å². The lowest BCUT2D eigenvalue weighted by molar-refractivity contribution is -0.145. The van der Waals surface area contributed by atoms with Gasteiger partial charge >= 0.3 is 12.2 Å². The number of hydrogen-bond donors (Lipinski definition) is 3. The minimum absolute atomic E-state index is 0.0825. The van der Waals surface area contributed by atoms with E-state index in [4.69, 9.17) is 9.47 Å². The summed E-state index contributed by atoms with van der Waals surface area (Å²) < 4.78 is 10.9. The van der Waals surface area contributed by atoms with Crippen LogP contribution in [0.1, 0.15) is 164 Å². The Labute approximate surface area is 383 Å². The van der Waals surface area contributed by atoms with Crippen molar-refractivity contribution in [1.82, 2.24) is 35.6 Å². The zero-order valence-electron chi connectivity index (χ0n) is 41.7. The van der Waals surface area contributed by atoms with Crippen LogP contribution in [0, 0.1) is 0 Å². The number of rotatable bonds is 31. The molecule has 3 N–H and O–H groups in total. The first-order valence-corrected chi connectivity index (χ1v) is 24.2. The van der Waals surface area contributed by atoms with E-state index in [1.165, 1.54) is 25.7 Å².